The van der Waals surface area contributed by atoms with Crippen molar-refractivity contribution in [1.82, 2.24) is 4.90 Å². The summed E-state index contributed by atoms with van der Waals surface area (Å²) in [5, 5.41) is 2.78. The first-order chi connectivity index (χ1) is 12.8. The maximum atomic E-state index is 12.4. The molecular formula is C21H26N2O3S. The zero-order chi connectivity index (χ0) is 20.0. The molecule has 0 aromatic heterocycles. The molecule has 0 aliphatic carbocycles. The highest BCUT2D eigenvalue weighted by molar-refractivity contribution is 8.00. The van der Waals surface area contributed by atoms with Crippen molar-refractivity contribution in [2.75, 3.05) is 31.8 Å². The van der Waals surface area contributed by atoms with Crippen molar-refractivity contribution >= 4 is 29.3 Å². The van der Waals surface area contributed by atoms with Gasteiger partial charge in [0.1, 0.15) is 5.75 Å². The fourth-order valence-electron chi connectivity index (χ4n) is 2.84. The molecule has 0 bridgehead atoms. The third-order valence-electron chi connectivity index (χ3n) is 4.10. The summed E-state index contributed by atoms with van der Waals surface area (Å²) in [5.41, 5.74) is 4.19. The number of carbonyl (C=O) groups excluding carboxylic acids is 2. The molecule has 2 aromatic carbocycles. The molecule has 0 radical (unpaired) electrons. The number of hydrogen-bond donors (Lipinski definition) is 1. The summed E-state index contributed by atoms with van der Waals surface area (Å²) in [7, 11) is 3.21. The first-order valence-corrected chi connectivity index (χ1v) is 9.67. The van der Waals surface area contributed by atoms with Crippen LogP contribution in [0.3, 0.4) is 0 Å². The van der Waals surface area contributed by atoms with Gasteiger partial charge in [0, 0.05) is 23.7 Å². The van der Waals surface area contributed by atoms with Gasteiger partial charge in [0.15, 0.2) is 0 Å². The molecular weight excluding hydrogens is 360 g/mol. The highest BCUT2D eigenvalue weighted by atomic mass is 32.2. The van der Waals surface area contributed by atoms with E-state index in [-0.39, 0.29) is 18.4 Å². The van der Waals surface area contributed by atoms with E-state index in [9.17, 15) is 9.59 Å². The number of likely N-dealkylation sites (N-methyl/N-ethyl adjacent to an activating group) is 1. The Morgan fingerprint density at radius 2 is 1.78 bits per heavy atom. The van der Waals surface area contributed by atoms with Gasteiger partial charge in [0.05, 0.1) is 19.4 Å². The number of carbonyl (C=O) groups is 2. The van der Waals surface area contributed by atoms with Crippen molar-refractivity contribution in [1.29, 1.82) is 0 Å². The second kappa shape index (κ2) is 9.46. The molecule has 144 valence electrons. The summed E-state index contributed by atoms with van der Waals surface area (Å²) in [6, 6.07) is 11.3. The Morgan fingerprint density at radius 3 is 2.41 bits per heavy atom. The minimum Gasteiger partial charge on any atom is -0.497 e. The van der Waals surface area contributed by atoms with Gasteiger partial charge >= 0.3 is 0 Å². The highest BCUT2D eigenvalue weighted by Crippen LogP contribution is 2.27. The van der Waals surface area contributed by atoms with Crippen molar-refractivity contribution in [3.05, 3.63) is 53.1 Å². The molecule has 2 aromatic rings. The van der Waals surface area contributed by atoms with Crippen LogP contribution < -0.4 is 10.1 Å². The fourth-order valence-corrected chi connectivity index (χ4v) is 3.90. The highest BCUT2D eigenvalue weighted by Gasteiger charge is 2.15. The Hall–Kier alpha value is -2.47. The van der Waals surface area contributed by atoms with Gasteiger partial charge in [0.2, 0.25) is 11.8 Å². The lowest BCUT2D eigenvalue weighted by molar-refractivity contribution is -0.131. The van der Waals surface area contributed by atoms with E-state index in [1.54, 1.807) is 38.4 Å². The van der Waals surface area contributed by atoms with Gasteiger partial charge in [-0.25, -0.2) is 0 Å². The van der Waals surface area contributed by atoms with Crippen LogP contribution in [0.2, 0.25) is 0 Å². The van der Waals surface area contributed by atoms with Gasteiger partial charge in [-0.3, -0.25) is 9.59 Å². The minimum atomic E-state index is -0.244. The molecule has 0 saturated carbocycles. The number of amides is 2. The minimum absolute atomic E-state index is 0.00245. The lowest BCUT2D eigenvalue weighted by atomic mass is 10.1. The molecule has 0 atom stereocenters. The number of benzene rings is 2. The second-order valence-electron chi connectivity index (χ2n) is 6.55. The molecule has 0 fully saturated rings. The number of thioether (sulfide) groups is 1. The molecule has 0 spiro atoms. The van der Waals surface area contributed by atoms with Crippen LogP contribution >= 0.6 is 11.8 Å². The van der Waals surface area contributed by atoms with Crippen LogP contribution in [0.25, 0.3) is 0 Å². The van der Waals surface area contributed by atoms with Crippen LogP contribution in [0, 0.1) is 20.8 Å². The molecule has 6 heteroatoms. The Bertz CT molecular complexity index is 813. The monoisotopic (exact) mass is 386 g/mol. The summed E-state index contributed by atoms with van der Waals surface area (Å²) in [6.45, 7) is 6.17. The number of ether oxygens (including phenoxy) is 1. The zero-order valence-electron chi connectivity index (χ0n) is 16.5. The Labute approximate surface area is 165 Å². The van der Waals surface area contributed by atoms with E-state index in [1.807, 2.05) is 0 Å². The van der Waals surface area contributed by atoms with Gasteiger partial charge in [0.25, 0.3) is 0 Å². The summed E-state index contributed by atoms with van der Waals surface area (Å²) in [5.74, 6) is 0.637. The molecule has 2 amide bonds. The van der Waals surface area contributed by atoms with Crippen molar-refractivity contribution in [2.24, 2.45) is 0 Å². The number of nitrogens with one attached hydrogen (secondary N) is 1. The number of hydrogen-bond acceptors (Lipinski definition) is 4. The molecule has 0 heterocycles. The standard InChI is InChI=1S/C21H26N2O3S/c1-14-9-15(2)21(16(3)10-14)27-13-20(25)23(4)12-19(24)22-17-7-6-8-18(11-17)26-5/h6-11H,12-13H2,1-5H3,(H,22,24). The van der Waals surface area contributed by atoms with Crippen LogP contribution in [0.4, 0.5) is 5.69 Å². The summed E-state index contributed by atoms with van der Waals surface area (Å²) >= 11 is 1.52. The van der Waals surface area contributed by atoms with Crippen LogP contribution in [-0.2, 0) is 9.59 Å². The van der Waals surface area contributed by atoms with E-state index in [4.69, 9.17) is 4.74 Å². The number of anilines is 1. The number of nitrogens with zero attached hydrogens (tertiary/aromatic N) is 1. The molecule has 1 N–H and O–H groups in total. The maximum Gasteiger partial charge on any atom is 0.243 e. The van der Waals surface area contributed by atoms with Gasteiger partial charge in [-0.2, -0.15) is 0 Å². The molecule has 2 rings (SSSR count). The normalized spacial score (nSPS) is 10.4. The van der Waals surface area contributed by atoms with E-state index in [1.165, 1.54) is 33.4 Å². The van der Waals surface area contributed by atoms with Crippen LogP contribution in [0.15, 0.2) is 41.3 Å². The molecule has 0 aliphatic heterocycles. The van der Waals surface area contributed by atoms with Crippen molar-refractivity contribution in [3.8, 4) is 5.75 Å². The van der Waals surface area contributed by atoms with E-state index in [0.717, 1.165) is 4.90 Å². The quantitative estimate of drug-likeness (QED) is 0.735. The molecule has 5 nitrogen and oxygen atoms in total. The molecule has 0 unspecified atom stereocenters. The van der Waals surface area contributed by atoms with Crippen LogP contribution in [-0.4, -0.2) is 43.2 Å². The predicted molar refractivity (Wildman–Crippen MR) is 111 cm³/mol. The maximum absolute atomic E-state index is 12.4. The molecule has 27 heavy (non-hydrogen) atoms. The number of methoxy groups -OCH3 is 1. The van der Waals surface area contributed by atoms with Crippen molar-refractivity contribution < 1.29 is 14.3 Å². The number of rotatable bonds is 7. The lowest BCUT2D eigenvalue weighted by Crippen LogP contribution is -2.35. The first kappa shape index (κ1) is 20.8. The van der Waals surface area contributed by atoms with Gasteiger partial charge in [-0.1, -0.05) is 23.8 Å². The summed E-state index contributed by atoms with van der Waals surface area (Å²) in [6.07, 6.45) is 0. The Kier molecular flexibility index (Phi) is 7.30. The Balaban J connectivity index is 1.88. The zero-order valence-corrected chi connectivity index (χ0v) is 17.3. The van der Waals surface area contributed by atoms with Gasteiger partial charge in [-0.05, 0) is 44.0 Å². The predicted octanol–water partition coefficient (Wildman–Crippen LogP) is 3.81. The average molecular weight is 387 g/mol. The third-order valence-corrected chi connectivity index (χ3v) is 5.43. The van der Waals surface area contributed by atoms with Crippen LogP contribution in [0.5, 0.6) is 5.75 Å². The molecule has 0 aliphatic rings. The largest absolute Gasteiger partial charge is 0.497 e. The van der Waals surface area contributed by atoms with Gasteiger partial charge < -0.3 is 15.0 Å². The smallest absolute Gasteiger partial charge is 0.243 e. The van der Waals surface area contributed by atoms with E-state index < -0.39 is 0 Å². The van der Waals surface area contributed by atoms with Gasteiger partial charge in [-0.15, -0.1) is 11.8 Å². The Morgan fingerprint density at radius 1 is 1.11 bits per heavy atom. The van der Waals surface area contributed by atoms with E-state index in [2.05, 4.69) is 38.2 Å². The van der Waals surface area contributed by atoms with E-state index >= 15 is 0 Å². The fraction of sp³-hybridized carbons (Fsp3) is 0.333. The average Bonchev–Trinajstić information content (AvgIpc) is 2.60. The topological polar surface area (TPSA) is 58.6 Å². The second-order valence-corrected chi connectivity index (χ2v) is 7.53. The van der Waals surface area contributed by atoms with Crippen LogP contribution in [0.1, 0.15) is 16.7 Å². The first-order valence-electron chi connectivity index (χ1n) is 8.68. The van der Waals surface area contributed by atoms with E-state index in [0.29, 0.717) is 17.2 Å². The SMILES string of the molecule is COc1cccc(NC(=O)CN(C)C(=O)CSc2c(C)cc(C)cc2C)c1. The lowest BCUT2D eigenvalue weighted by Gasteiger charge is -2.18. The number of aryl methyl sites for hydroxylation is 3. The summed E-state index contributed by atoms with van der Waals surface area (Å²) < 4.78 is 5.14. The van der Waals surface area contributed by atoms with Crippen molar-refractivity contribution in [2.45, 2.75) is 25.7 Å². The van der Waals surface area contributed by atoms with Crippen molar-refractivity contribution in [3.63, 3.8) is 0 Å². The molecule has 0 saturated heterocycles. The third kappa shape index (κ3) is 6.03. The summed E-state index contributed by atoms with van der Waals surface area (Å²) in [4.78, 5) is 27.2.